The van der Waals surface area contributed by atoms with E-state index in [-0.39, 0.29) is 23.8 Å². The molecule has 1 amide bonds. The lowest BCUT2D eigenvalue weighted by atomic mass is 10.1. The van der Waals surface area contributed by atoms with E-state index in [2.05, 4.69) is 0 Å². The van der Waals surface area contributed by atoms with Gasteiger partial charge in [0.05, 0.1) is 5.56 Å². The molecular weight excluding hydrogens is 216 g/mol. The smallest absolute Gasteiger partial charge is 0.221 e. The Morgan fingerprint density at radius 3 is 2.38 bits per heavy atom. The molecule has 2 N–H and O–H groups in total. The maximum absolute atomic E-state index is 13.2. The first kappa shape index (κ1) is 12.0. The number of hydrogen-bond donors (Lipinski definition) is 1. The Kier molecular flexibility index (Phi) is 3.88. The van der Waals surface area contributed by atoms with Crippen LogP contribution in [0, 0.1) is 11.6 Å². The van der Waals surface area contributed by atoms with E-state index in [1.807, 2.05) is 0 Å². The van der Waals surface area contributed by atoms with E-state index in [1.165, 1.54) is 12.2 Å². The first-order valence-corrected chi connectivity index (χ1v) is 4.43. The van der Waals surface area contributed by atoms with Crippen molar-refractivity contribution in [2.45, 2.75) is 6.42 Å². The van der Waals surface area contributed by atoms with Gasteiger partial charge in [-0.2, -0.15) is 0 Å². The Hall–Kier alpha value is -2.04. The minimum Gasteiger partial charge on any atom is -0.369 e. The van der Waals surface area contributed by atoms with Gasteiger partial charge in [-0.05, 0) is 12.1 Å². The summed E-state index contributed by atoms with van der Waals surface area (Å²) < 4.78 is 26.3. The lowest BCUT2D eigenvalue weighted by Crippen LogP contribution is -2.07. The Morgan fingerprint density at radius 1 is 1.25 bits per heavy atom. The number of primary amides is 1. The summed E-state index contributed by atoms with van der Waals surface area (Å²) in [5.74, 6) is -2.11. The van der Waals surface area contributed by atoms with E-state index in [0.717, 1.165) is 12.1 Å². The summed E-state index contributed by atoms with van der Waals surface area (Å²) >= 11 is 0. The van der Waals surface area contributed by atoms with Gasteiger partial charge in [0.1, 0.15) is 11.6 Å². The van der Waals surface area contributed by atoms with Gasteiger partial charge < -0.3 is 5.73 Å². The molecule has 0 aromatic heterocycles. The minimum absolute atomic E-state index is 0.0376. The van der Waals surface area contributed by atoms with Crippen LogP contribution in [0.1, 0.15) is 22.3 Å². The number of rotatable bonds is 4. The molecule has 0 radical (unpaired) electrons. The number of aldehydes is 1. The van der Waals surface area contributed by atoms with E-state index in [4.69, 9.17) is 5.73 Å². The molecule has 0 aliphatic carbocycles. The molecule has 1 aromatic carbocycles. The molecule has 1 aromatic rings. The monoisotopic (exact) mass is 225 g/mol. The van der Waals surface area contributed by atoms with Crippen LogP contribution in [-0.4, -0.2) is 12.2 Å². The number of carbonyl (C=O) groups is 2. The largest absolute Gasteiger partial charge is 0.369 e. The number of amides is 1. The fraction of sp³-hybridized carbons (Fsp3) is 0.0909. The van der Waals surface area contributed by atoms with Gasteiger partial charge in [0.15, 0.2) is 6.29 Å². The summed E-state index contributed by atoms with van der Waals surface area (Å²) in [5.41, 5.74) is 4.49. The lowest BCUT2D eigenvalue weighted by Gasteiger charge is -1.99. The fourth-order valence-electron chi connectivity index (χ4n) is 1.10. The number of halogens is 2. The van der Waals surface area contributed by atoms with E-state index in [1.54, 1.807) is 0 Å². The average molecular weight is 225 g/mol. The zero-order valence-corrected chi connectivity index (χ0v) is 8.24. The van der Waals surface area contributed by atoms with Crippen molar-refractivity contribution in [1.82, 2.24) is 0 Å². The van der Waals surface area contributed by atoms with Crippen LogP contribution in [0.2, 0.25) is 0 Å². The summed E-state index contributed by atoms with van der Waals surface area (Å²) in [5, 5.41) is 0. The molecule has 0 aliphatic rings. The van der Waals surface area contributed by atoms with Gasteiger partial charge in [-0.25, -0.2) is 8.78 Å². The zero-order chi connectivity index (χ0) is 12.1. The fourth-order valence-corrected chi connectivity index (χ4v) is 1.10. The Labute approximate surface area is 90.6 Å². The average Bonchev–Trinajstić information content (AvgIpc) is 2.22. The zero-order valence-electron chi connectivity index (χ0n) is 8.24. The van der Waals surface area contributed by atoms with Crippen molar-refractivity contribution in [1.29, 1.82) is 0 Å². The maximum Gasteiger partial charge on any atom is 0.221 e. The van der Waals surface area contributed by atoms with E-state index >= 15 is 0 Å². The Morgan fingerprint density at radius 2 is 1.81 bits per heavy atom. The number of hydrogen-bond acceptors (Lipinski definition) is 2. The molecule has 1 rings (SSSR count). The Balaban J connectivity index is 2.97. The summed E-state index contributed by atoms with van der Waals surface area (Å²) in [6.07, 6.45) is 2.73. The summed E-state index contributed by atoms with van der Waals surface area (Å²) in [6.45, 7) is 0. The quantitative estimate of drug-likeness (QED) is 0.792. The van der Waals surface area contributed by atoms with Gasteiger partial charge in [-0.1, -0.05) is 12.2 Å². The van der Waals surface area contributed by atoms with Gasteiger partial charge in [-0.15, -0.1) is 0 Å². The molecular formula is C11H9F2NO2. The normalized spacial score (nSPS) is 10.6. The summed E-state index contributed by atoms with van der Waals surface area (Å²) in [4.78, 5) is 20.7. The predicted molar refractivity (Wildman–Crippen MR) is 54.6 cm³/mol. The van der Waals surface area contributed by atoms with Crippen molar-refractivity contribution in [3.05, 3.63) is 41.0 Å². The molecule has 0 spiro atoms. The molecule has 0 saturated heterocycles. The third-order valence-corrected chi connectivity index (χ3v) is 1.86. The van der Waals surface area contributed by atoms with Crippen molar-refractivity contribution in [3.8, 4) is 0 Å². The highest BCUT2D eigenvalue weighted by Gasteiger charge is 2.07. The predicted octanol–water partition coefficient (Wildman–Crippen LogP) is 1.67. The van der Waals surface area contributed by atoms with E-state index < -0.39 is 17.5 Å². The van der Waals surface area contributed by atoms with E-state index in [9.17, 15) is 18.4 Å². The molecule has 3 nitrogen and oxygen atoms in total. The topological polar surface area (TPSA) is 60.2 Å². The summed E-state index contributed by atoms with van der Waals surface area (Å²) in [6, 6.07) is 1.68. The molecule has 0 aliphatic heterocycles. The molecule has 84 valence electrons. The maximum atomic E-state index is 13.2. The first-order valence-electron chi connectivity index (χ1n) is 4.43. The van der Waals surface area contributed by atoms with Crippen LogP contribution in [0.25, 0.3) is 6.08 Å². The van der Waals surface area contributed by atoms with Crippen LogP contribution in [0.3, 0.4) is 0 Å². The lowest BCUT2D eigenvalue weighted by molar-refractivity contribution is -0.117. The third kappa shape index (κ3) is 2.98. The molecule has 16 heavy (non-hydrogen) atoms. The highest BCUT2D eigenvalue weighted by Crippen LogP contribution is 2.15. The molecule has 0 bridgehead atoms. The van der Waals surface area contributed by atoms with Gasteiger partial charge in [0.25, 0.3) is 0 Å². The van der Waals surface area contributed by atoms with Crippen molar-refractivity contribution in [2.24, 2.45) is 5.73 Å². The van der Waals surface area contributed by atoms with Gasteiger partial charge in [0, 0.05) is 12.0 Å². The summed E-state index contributed by atoms with van der Waals surface area (Å²) in [7, 11) is 0. The van der Waals surface area contributed by atoms with Crippen LogP contribution in [-0.2, 0) is 4.79 Å². The minimum atomic E-state index is -0.810. The molecule has 0 fully saturated rings. The third-order valence-electron chi connectivity index (χ3n) is 1.86. The van der Waals surface area contributed by atoms with Gasteiger partial charge >= 0.3 is 0 Å². The second kappa shape index (κ2) is 5.16. The Bertz CT molecular complexity index is 456. The molecule has 0 atom stereocenters. The highest BCUT2D eigenvalue weighted by molar-refractivity contribution is 5.77. The molecule has 5 heteroatoms. The number of nitrogens with two attached hydrogens (primary N) is 1. The standard InChI is InChI=1S/C11H9F2NO2/c12-9-5-8(6-15)10(13)4-7(9)2-1-3-11(14)16/h1-2,4-6H,3H2,(H2,14,16). The van der Waals surface area contributed by atoms with Crippen molar-refractivity contribution >= 4 is 18.3 Å². The molecule has 0 unspecified atom stereocenters. The van der Waals surface area contributed by atoms with Crippen molar-refractivity contribution in [2.75, 3.05) is 0 Å². The SMILES string of the molecule is NC(=O)CC=Cc1cc(F)c(C=O)cc1F. The van der Waals surface area contributed by atoms with Crippen LogP contribution in [0.15, 0.2) is 18.2 Å². The van der Waals surface area contributed by atoms with Crippen molar-refractivity contribution in [3.63, 3.8) is 0 Å². The second-order valence-electron chi connectivity index (χ2n) is 3.09. The first-order chi connectivity index (χ1) is 7.54. The van der Waals surface area contributed by atoms with E-state index in [0.29, 0.717) is 0 Å². The molecule has 0 saturated carbocycles. The van der Waals surface area contributed by atoms with Crippen LogP contribution >= 0.6 is 0 Å². The van der Waals surface area contributed by atoms with Crippen LogP contribution in [0.4, 0.5) is 8.78 Å². The second-order valence-corrected chi connectivity index (χ2v) is 3.09. The molecule has 0 heterocycles. The van der Waals surface area contributed by atoms with Crippen LogP contribution < -0.4 is 5.73 Å². The highest BCUT2D eigenvalue weighted by atomic mass is 19.1. The van der Waals surface area contributed by atoms with Crippen molar-refractivity contribution < 1.29 is 18.4 Å². The van der Waals surface area contributed by atoms with Gasteiger partial charge in [-0.3, -0.25) is 9.59 Å². The number of carbonyl (C=O) groups excluding carboxylic acids is 2. The van der Waals surface area contributed by atoms with Crippen LogP contribution in [0.5, 0.6) is 0 Å². The number of benzene rings is 1. The van der Waals surface area contributed by atoms with Gasteiger partial charge in [0.2, 0.25) is 5.91 Å².